The van der Waals surface area contributed by atoms with Crippen LogP contribution >= 0.6 is 34.8 Å². The van der Waals surface area contributed by atoms with Gasteiger partial charge in [0.25, 0.3) is 0 Å². The normalized spacial score (nSPS) is 12.6. The second kappa shape index (κ2) is 10.1. The maximum Gasteiger partial charge on any atom is 0.102 e. The van der Waals surface area contributed by atoms with Crippen LogP contribution in [0.4, 0.5) is 0 Å². The standard InChI is InChI=1S/C11H19Cl3/c1-10(7-5-9-12)6-3-2-4-8-11(13)14/h8,10H,2-7,9H2,1H3. The molecule has 84 valence electrons. The second-order valence-electron chi connectivity index (χ2n) is 3.71. The molecular weight excluding hydrogens is 238 g/mol. The molecule has 0 aliphatic rings. The number of rotatable bonds is 8. The van der Waals surface area contributed by atoms with Crippen LogP contribution in [0.15, 0.2) is 10.6 Å². The zero-order chi connectivity index (χ0) is 10.8. The second-order valence-corrected chi connectivity index (χ2v) is 5.10. The molecular formula is C11H19Cl3. The fourth-order valence-electron chi connectivity index (χ4n) is 1.42. The Balaban J connectivity index is 3.22. The van der Waals surface area contributed by atoms with Gasteiger partial charge in [0.1, 0.15) is 4.49 Å². The number of allylic oxidation sites excluding steroid dienone is 1. The molecule has 0 aliphatic carbocycles. The lowest BCUT2D eigenvalue weighted by atomic mass is 9.99. The van der Waals surface area contributed by atoms with Gasteiger partial charge in [-0.05, 0) is 31.6 Å². The molecule has 0 heterocycles. The third-order valence-corrected chi connectivity index (χ3v) is 2.86. The molecule has 14 heavy (non-hydrogen) atoms. The quantitative estimate of drug-likeness (QED) is 0.397. The monoisotopic (exact) mass is 256 g/mol. The number of unbranched alkanes of at least 4 members (excludes halogenated alkanes) is 2. The van der Waals surface area contributed by atoms with Crippen molar-refractivity contribution in [1.29, 1.82) is 0 Å². The molecule has 0 aromatic carbocycles. The Morgan fingerprint density at radius 1 is 1.14 bits per heavy atom. The smallest absolute Gasteiger partial charge is 0.102 e. The molecule has 0 N–H and O–H groups in total. The molecule has 0 aromatic rings. The minimum Gasteiger partial charge on any atom is -0.127 e. The van der Waals surface area contributed by atoms with Gasteiger partial charge in [0.05, 0.1) is 0 Å². The lowest BCUT2D eigenvalue weighted by molar-refractivity contribution is 0.463. The van der Waals surface area contributed by atoms with Crippen molar-refractivity contribution in [2.24, 2.45) is 5.92 Å². The van der Waals surface area contributed by atoms with Crippen molar-refractivity contribution in [2.45, 2.75) is 45.4 Å². The van der Waals surface area contributed by atoms with Crippen LogP contribution in [0.2, 0.25) is 0 Å². The fraction of sp³-hybridized carbons (Fsp3) is 0.818. The summed E-state index contributed by atoms with van der Waals surface area (Å²) in [6, 6.07) is 0. The molecule has 3 heteroatoms. The van der Waals surface area contributed by atoms with Gasteiger partial charge in [-0.2, -0.15) is 0 Å². The third-order valence-electron chi connectivity index (χ3n) is 2.28. The zero-order valence-electron chi connectivity index (χ0n) is 8.74. The Bertz CT molecular complexity index is 151. The predicted molar refractivity (Wildman–Crippen MR) is 67.4 cm³/mol. The van der Waals surface area contributed by atoms with Gasteiger partial charge < -0.3 is 0 Å². The van der Waals surface area contributed by atoms with E-state index in [1.807, 2.05) is 6.08 Å². The highest BCUT2D eigenvalue weighted by Gasteiger charge is 2.00. The first kappa shape index (κ1) is 14.6. The summed E-state index contributed by atoms with van der Waals surface area (Å²) < 4.78 is 0.389. The lowest BCUT2D eigenvalue weighted by Gasteiger charge is -2.08. The lowest BCUT2D eigenvalue weighted by Crippen LogP contribution is -1.95. The van der Waals surface area contributed by atoms with Crippen LogP contribution in [0.3, 0.4) is 0 Å². The highest BCUT2D eigenvalue weighted by molar-refractivity contribution is 6.55. The van der Waals surface area contributed by atoms with Gasteiger partial charge in [-0.1, -0.05) is 49.0 Å². The SMILES string of the molecule is CC(CCCCl)CCCCC=C(Cl)Cl. The van der Waals surface area contributed by atoms with Crippen molar-refractivity contribution in [3.05, 3.63) is 10.6 Å². The molecule has 0 bridgehead atoms. The van der Waals surface area contributed by atoms with Crippen molar-refractivity contribution in [3.63, 3.8) is 0 Å². The van der Waals surface area contributed by atoms with Gasteiger partial charge in [-0.25, -0.2) is 0 Å². The highest BCUT2D eigenvalue weighted by Crippen LogP contribution is 2.16. The van der Waals surface area contributed by atoms with Crippen molar-refractivity contribution in [1.82, 2.24) is 0 Å². The summed E-state index contributed by atoms with van der Waals surface area (Å²) in [7, 11) is 0. The molecule has 0 aliphatic heterocycles. The molecule has 0 rings (SSSR count). The third kappa shape index (κ3) is 10.7. The summed E-state index contributed by atoms with van der Waals surface area (Å²) in [6.45, 7) is 2.29. The van der Waals surface area contributed by atoms with Gasteiger partial charge in [-0.3, -0.25) is 0 Å². The first-order chi connectivity index (χ1) is 6.66. The maximum atomic E-state index is 5.63. The zero-order valence-corrected chi connectivity index (χ0v) is 11.0. The Morgan fingerprint density at radius 2 is 1.79 bits per heavy atom. The van der Waals surface area contributed by atoms with Crippen molar-refractivity contribution in [2.75, 3.05) is 5.88 Å². The van der Waals surface area contributed by atoms with Crippen molar-refractivity contribution >= 4 is 34.8 Å². The maximum absolute atomic E-state index is 5.63. The summed E-state index contributed by atoms with van der Waals surface area (Å²) in [4.78, 5) is 0. The van der Waals surface area contributed by atoms with E-state index in [2.05, 4.69) is 6.92 Å². The molecule has 0 fully saturated rings. The van der Waals surface area contributed by atoms with Gasteiger partial charge in [0, 0.05) is 5.88 Å². The molecule has 1 unspecified atom stereocenters. The van der Waals surface area contributed by atoms with Crippen LogP contribution in [-0.2, 0) is 0 Å². The van der Waals surface area contributed by atoms with E-state index in [4.69, 9.17) is 34.8 Å². The van der Waals surface area contributed by atoms with Gasteiger partial charge in [-0.15, -0.1) is 11.6 Å². The van der Waals surface area contributed by atoms with Crippen LogP contribution in [0.1, 0.15) is 45.4 Å². The van der Waals surface area contributed by atoms with Crippen LogP contribution in [0.5, 0.6) is 0 Å². The summed E-state index contributed by atoms with van der Waals surface area (Å²) in [5.41, 5.74) is 0. The van der Waals surface area contributed by atoms with Crippen LogP contribution < -0.4 is 0 Å². The van der Waals surface area contributed by atoms with E-state index in [9.17, 15) is 0 Å². The van der Waals surface area contributed by atoms with Gasteiger partial charge in [0.15, 0.2) is 0 Å². The van der Waals surface area contributed by atoms with E-state index in [-0.39, 0.29) is 0 Å². The molecule has 0 amide bonds. The topological polar surface area (TPSA) is 0 Å². The number of hydrogen-bond acceptors (Lipinski definition) is 0. The summed E-state index contributed by atoms with van der Waals surface area (Å²) >= 11 is 16.6. The molecule has 0 nitrogen and oxygen atoms in total. The van der Waals surface area contributed by atoms with Crippen molar-refractivity contribution < 1.29 is 0 Å². The number of hydrogen-bond donors (Lipinski definition) is 0. The first-order valence-electron chi connectivity index (χ1n) is 5.24. The van der Waals surface area contributed by atoms with Crippen molar-refractivity contribution in [3.8, 4) is 0 Å². The van der Waals surface area contributed by atoms with E-state index in [0.29, 0.717) is 4.49 Å². The minimum atomic E-state index is 0.389. The van der Waals surface area contributed by atoms with E-state index in [1.165, 1.54) is 25.7 Å². The summed E-state index contributed by atoms with van der Waals surface area (Å²) in [5.74, 6) is 1.58. The molecule has 0 saturated carbocycles. The number of alkyl halides is 1. The fourth-order valence-corrected chi connectivity index (χ4v) is 1.79. The Morgan fingerprint density at radius 3 is 2.36 bits per heavy atom. The average Bonchev–Trinajstić information content (AvgIpc) is 2.13. The minimum absolute atomic E-state index is 0.389. The van der Waals surface area contributed by atoms with E-state index >= 15 is 0 Å². The Kier molecular flexibility index (Phi) is 10.6. The van der Waals surface area contributed by atoms with E-state index < -0.39 is 0 Å². The van der Waals surface area contributed by atoms with Crippen LogP contribution in [0, 0.1) is 5.92 Å². The van der Waals surface area contributed by atoms with Gasteiger partial charge >= 0.3 is 0 Å². The summed E-state index contributed by atoms with van der Waals surface area (Å²) in [6.07, 6.45) is 8.95. The molecule has 1 atom stereocenters. The molecule has 0 spiro atoms. The first-order valence-corrected chi connectivity index (χ1v) is 6.53. The molecule has 0 saturated heterocycles. The van der Waals surface area contributed by atoms with Gasteiger partial charge in [0.2, 0.25) is 0 Å². The summed E-state index contributed by atoms with van der Waals surface area (Å²) in [5, 5.41) is 0. The highest BCUT2D eigenvalue weighted by atomic mass is 35.5. The largest absolute Gasteiger partial charge is 0.127 e. The van der Waals surface area contributed by atoms with Crippen LogP contribution in [0.25, 0.3) is 0 Å². The molecule has 0 radical (unpaired) electrons. The Hall–Kier alpha value is 0.610. The average molecular weight is 258 g/mol. The Labute approximate surface area is 103 Å². The van der Waals surface area contributed by atoms with E-state index in [1.54, 1.807) is 0 Å². The van der Waals surface area contributed by atoms with E-state index in [0.717, 1.165) is 24.6 Å². The predicted octanol–water partition coefficient (Wildman–Crippen LogP) is 5.52. The molecule has 0 aromatic heterocycles. The van der Waals surface area contributed by atoms with Crippen LogP contribution in [-0.4, -0.2) is 5.88 Å². The number of halogens is 3.